The number of benzene rings is 1. The van der Waals surface area contributed by atoms with Crippen LogP contribution in [0.3, 0.4) is 0 Å². The largest absolute Gasteiger partial charge is 0.339 e. The summed E-state index contributed by atoms with van der Waals surface area (Å²) in [6.07, 6.45) is 1.71. The third kappa shape index (κ3) is 3.10. The first-order valence-electron chi connectivity index (χ1n) is 8.78. The lowest BCUT2D eigenvalue weighted by molar-refractivity contribution is 0.0711. The van der Waals surface area contributed by atoms with E-state index < -0.39 is 0 Å². The number of nitrogens with one attached hydrogen (secondary N) is 1. The van der Waals surface area contributed by atoms with Gasteiger partial charge in [0.1, 0.15) is 0 Å². The van der Waals surface area contributed by atoms with Crippen molar-refractivity contribution in [1.82, 2.24) is 35.3 Å². The molecular formula is C18H21N7O. The van der Waals surface area contributed by atoms with Crippen LogP contribution >= 0.6 is 0 Å². The van der Waals surface area contributed by atoms with Gasteiger partial charge >= 0.3 is 0 Å². The molecule has 1 amide bonds. The van der Waals surface area contributed by atoms with E-state index in [4.69, 9.17) is 0 Å². The second-order valence-corrected chi connectivity index (χ2v) is 6.72. The Bertz CT molecular complexity index is 890. The van der Waals surface area contributed by atoms with Crippen LogP contribution in [-0.2, 0) is 0 Å². The standard InChI is InChI=1S/C18H21N7O/c1-12-11-13(2)25(21-12)16-5-3-15(4-6-16)18(26)24-9-7-14(8-10-24)17-19-22-23-20-17/h3-6,11,14H,7-10H2,1-2H3,(H,19,20,22,23). The molecule has 1 N–H and O–H groups in total. The van der Waals surface area contributed by atoms with Gasteiger partial charge in [0, 0.05) is 30.3 Å². The van der Waals surface area contributed by atoms with Crippen LogP contribution in [0.4, 0.5) is 0 Å². The number of aryl methyl sites for hydroxylation is 2. The fraction of sp³-hybridized carbons (Fsp3) is 0.389. The number of piperidine rings is 1. The maximum absolute atomic E-state index is 12.8. The van der Waals surface area contributed by atoms with Crippen molar-refractivity contribution in [3.63, 3.8) is 0 Å². The van der Waals surface area contributed by atoms with E-state index in [0.717, 1.165) is 35.7 Å². The predicted octanol–water partition coefficient (Wildman–Crippen LogP) is 2.02. The Morgan fingerprint density at radius 1 is 1.15 bits per heavy atom. The first-order valence-corrected chi connectivity index (χ1v) is 8.78. The monoisotopic (exact) mass is 351 g/mol. The highest BCUT2D eigenvalue weighted by Gasteiger charge is 2.26. The normalized spacial score (nSPS) is 15.4. The fourth-order valence-electron chi connectivity index (χ4n) is 3.50. The van der Waals surface area contributed by atoms with E-state index in [-0.39, 0.29) is 11.8 Å². The van der Waals surface area contributed by atoms with E-state index in [1.165, 1.54) is 0 Å². The number of rotatable bonds is 3. The topological polar surface area (TPSA) is 92.6 Å². The number of amides is 1. The van der Waals surface area contributed by atoms with Crippen LogP contribution < -0.4 is 0 Å². The van der Waals surface area contributed by atoms with Crippen molar-refractivity contribution >= 4 is 5.91 Å². The zero-order valence-electron chi connectivity index (χ0n) is 14.9. The molecule has 1 aliphatic rings. The molecule has 3 heterocycles. The van der Waals surface area contributed by atoms with Crippen molar-refractivity contribution < 1.29 is 4.79 Å². The smallest absolute Gasteiger partial charge is 0.253 e. The molecule has 0 aliphatic carbocycles. The van der Waals surface area contributed by atoms with Gasteiger partial charge in [0.25, 0.3) is 5.91 Å². The van der Waals surface area contributed by atoms with E-state index >= 15 is 0 Å². The van der Waals surface area contributed by atoms with E-state index in [1.807, 2.05) is 53.8 Å². The van der Waals surface area contributed by atoms with Crippen molar-refractivity contribution in [2.75, 3.05) is 13.1 Å². The van der Waals surface area contributed by atoms with Crippen LogP contribution in [0.2, 0.25) is 0 Å². The first kappa shape index (κ1) is 16.4. The lowest BCUT2D eigenvalue weighted by atomic mass is 9.96. The van der Waals surface area contributed by atoms with E-state index in [9.17, 15) is 4.79 Å². The van der Waals surface area contributed by atoms with Crippen molar-refractivity contribution in [2.45, 2.75) is 32.6 Å². The predicted molar refractivity (Wildman–Crippen MR) is 95.1 cm³/mol. The summed E-state index contributed by atoms with van der Waals surface area (Å²) in [6.45, 7) is 5.40. The molecule has 1 aromatic carbocycles. The molecule has 8 nitrogen and oxygen atoms in total. The molecule has 4 rings (SSSR count). The maximum Gasteiger partial charge on any atom is 0.253 e. The number of H-pyrrole nitrogens is 1. The summed E-state index contributed by atoms with van der Waals surface area (Å²) < 4.78 is 1.89. The molecule has 134 valence electrons. The number of aromatic nitrogens is 6. The Balaban J connectivity index is 1.43. The van der Waals surface area contributed by atoms with E-state index in [0.29, 0.717) is 18.7 Å². The van der Waals surface area contributed by atoms with Gasteiger partial charge in [-0.3, -0.25) is 4.79 Å². The van der Waals surface area contributed by atoms with Crippen LogP contribution in [0.5, 0.6) is 0 Å². The van der Waals surface area contributed by atoms with Gasteiger partial charge in [0.05, 0.1) is 11.4 Å². The Kier molecular flexibility index (Phi) is 4.24. The van der Waals surface area contributed by atoms with Gasteiger partial charge in [-0.2, -0.15) is 10.3 Å². The van der Waals surface area contributed by atoms with E-state index in [1.54, 1.807) is 0 Å². The summed E-state index contributed by atoms with van der Waals surface area (Å²) in [4.78, 5) is 14.7. The first-order chi connectivity index (χ1) is 12.6. The molecule has 2 aromatic heterocycles. The zero-order chi connectivity index (χ0) is 18.1. The molecule has 0 unspecified atom stereocenters. The maximum atomic E-state index is 12.8. The molecule has 26 heavy (non-hydrogen) atoms. The minimum Gasteiger partial charge on any atom is -0.339 e. The molecule has 0 bridgehead atoms. The van der Waals surface area contributed by atoms with Gasteiger partial charge in [-0.05, 0) is 57.0 Å². The molecule has 8 heteroatoms. The summed E-state index contributed by atoms with van der Waals surface area (Å²) in [6, 6.07) is 9.67. The summed E-state index contributed by atoms with van der Waals surface area (Å²) in [7, 11) is 0. The zero-order valence-corrected chi connectivity index (χ0v) is 14.9. The second kappa shape index (κ2) is 6.70. The van der Waals surface area contributed by atoms with Crippen LogP contribution in [-0.4, -0.2) is 54.3 Å². The third-order valence-electron chi connectivity index (χ3n) is 4.88. The average molecular weight is 351 g/mol. The number of nitrogens with zero attached hydrogens (tertiary/aromatic N) is 6. The van der Waals surface area contributed by atoms with Crippen LogP contribution in [0.25, 0.3) is 5.69 Å². The number of hydrogen-bond donors (Lipinski definition) is 1. The Labute approximate surface area is 151 Å². The number of carbonyl (C=O) groups is 1. The van der Waals surface area contributed by atoms with Crippen LogP contribution in [0.15, 0.2) is 30.3 Å². The number of hydrogen-bond acceptors (Lipinski definition) is 5. The minimum absolute atomic E-state index is 0.0662. The van der Waals surface area contributed by atoms with Gasteiger partial charge in [0.15, 0.2) is 5.82 Å². The molecule has 1 fully saturated rings. The summed E-state index contributed by atoms with van der Waals surface area (Å²) in [5.41, 5.74) is 3.72. The Hall–Kier alpha value is -3.03. The van der Waals surface area contributed by atoms with Gasteiger partial charge in [-0.15, -0.1) is 10.2 Å². The highest BCUT2D eigenvalue weighted by molar-refractivity contribution is 5.94. The molecule has 0 atom stereocenters. The molecule has 1 aliphatic heterocycles. The number of likely N-dealkylation sites (tertiary alicyclic amines) is 1. The fourth-order valence-corrected chi connectivity index (χ4v) is 3.50. The minimum atomic E-state index is 0.0662. The van der Waals surface area contributed by atoms with Crippen molar-refractivity contribution in [3.05, 3.63) is 53.1 Å². The average Bonchev–Trinajstić information content (AvgIpc) is 3.31. The number of carbonyl (C=O) groups excluding carboxylic acids is 1. The molecule has 0 spiro atoms. The summed E-state index contributed by atoms with van der Waals surface area (Å²) in [5, 5.41) is 18.7. The van der Waals surface area contributed by atoms with Crippen molar-refractivity contribution in [3.8, 4) is 5.69 Å². The highest BCUT2D eigenvalue weighted by atomic mass is 16.2. The molecule has 1 saturated heterocycles. The number of aromatic amines is 1. The van der Waals surface area contributed by atoms with Crippen molar-refractivity contribution in [2.24, 2.45) is 0 Å². The molecule has 3 aromatic rings. The summed E-state index contributed by atoms with van der Waals surface area (Å²) >= 11 is 0. The van der Waals surface area contributed by atoms with Gasteiger partial charge < -0.3 is 4.90 Å². The summed E-state index contributed by atoms with van der Waals surface area (Å²) in [5.74, 6) is 1.08. The van der Waals surface area contributed by atoms with Crippen LogP contribution in [0.1, 0.15) is 46.3 Å². The van der Waals surface area contributed by atoms with Crippen molar-refractivity contribution in [1.29, 1.82) is 0 Å². The second-order valence-electron chi connectivity index (χ2n) is 6.72. The van der Waals surface area contributed by atoms with Gasteiger partial charge in [-0.25, -0.2) is 4.68 Å². The van der Waals surface area contributed by atoms with Gasteiger partial charge in [0.2, 0.25) is 0 Å². The van der Waals surface area contributed by atoms with Crippen LogP contribution in [0, 0.1) is 13.8 Å². The van der Waals surface area contributed by atoms with Gasteiger partial charge in [-0.1, -0.05) is 5.21 Å². The molecular weight excluding hydrogens is 330 g/mol. The highest BCUT2D eigenvalue weighted by Crippen LogP contribution is 2.25. The number of tetrazole rings is 1. The lowest BCUT2D eigenvalue weighted by Crippen LogP contribution is -2.38. The molecule has 0 saturated carbocycles. The SMILES string of the molecule is Cc1cc(C)n(-c2ccc(C(=O)N3CCC(c4nn[nH]n4)CC3)cc2)n1. The quantitative estimate of drug-likeness (QED) is 0.779. The lowest BCUT2D eigenvalue weighted by Gasteiger charge is -2.30. The van der Waals surface area contributed by atoms with E-state index in [2.05, 4.69) is 25.7 Å². The Morgan fingerprint density at radius 2 is 1.88 bits per heavy atom. The third-order valence-corrected chi connectivity index (χ3v) is 4.88. The Morgan fingerprint density at radius 3 is 2.46 bits per heavy atom. The molecule has 0 radical (unpaired) electrons.